The van der Waals surface area contributed by atoms with Gasteiger partial charge in [0.15, 0.2) is 0 Å². The molecule has 0 bridgehead atoms. The van der Waals surface area contributed by atoms with Gasteiger partial charge in [-0.1, -0.05) is 0 Å². The molecule has 0 atom stereocenters. The Labute approximate surface area is 141 Å². The third-order valence-electron chi connectivity index (χ3n) is 4.66. The summed E-state index contributed by atoms with van der Waals surface area (Å²) in [5.74, 6) is -0.00412. The first-order valence-electron chi connectivity index (χ1n) is 8.57. The van der Waals surface area contributed by atoms with Gasteiger partial charge in [0, 0.05) is 32.4 Å². The SMILES string of the molecule is O=C(CN1CCCC1)N1CCCN(C(=O)c2cncc(O)c2)CC1. The van der Waals surface area contributed by atoms with Crippen LogP contribution in [0.3, 0.4) is 0 Å². The fourth-order valence-corrected chi connectivity index (χ4v) is 3.33. The monoisotopic (exact) mass is 332 g/mol. The standard InChI is InChI=1S/C17H24N4O3/c22-15-10-14(11-18-12-15)17(24)21-7-3-6-20(8-9-21)16(23)13-19-4-1-2-5-19/h10-12,22H,1-9,13H2. The molecular formula is C17H24N4O3. The average Bonchev–Trinajstić information content (AvgIpc) is 2.95. The number of amides is 2. The Balaban J connectivity index is 1.56. The number of hydrogen-bond donors (Lipinski definition) is 1. The molecule has 130 valence electrons. The molecule has 0 aromatic carbocycles. The lowest BCUT2D eigenvalue weighted by molar-refractivity contribution is -0.132. The molecule has 0 unspecified atom stereocenters. The molecule has 7 heteroatoms. The molecule has 2 fully saturated rings. The zero-order valence-corrected chi connectivity index (χ0v) is 13.9. The van der Waals surface area contributed by atoms with E-state index in [2.05, 4.69) is 9.88 Å². The smallest absolute Gasteiger partial charge is 0.255 e. The summed E-state index contributed by atoms with van der Waals surface area (Å²) < 4.78 is 0. The van der Waals surface area contributed by atoms with Crippen LogP contribution in [-0.4, -0.2) is 82.4 Å². The van der Waals surface area contributed by atoms with E-state index in [-0.39, 0.29) is 17.6 Å². The van der Waals surface area contributed by atoms with E-state index in [4.69, 9.17) is 0 Å². The highest BCUT2D eigenvalue weighted by Gasteiger charge is 2.24. The summed E-state index contributed by atoms with van der Waals surface area (Å²) >= 11 is 0. The second kappa shape index (κ2) is 7.61. The first-order chi connectivity index (χ1) is 11.6. The van der Waals surface area contributed by atoms with Crippen LogP contribution in [0.4, 0.5) is 0 Å². The van der Waals surface area contributed by atoms with Crippen molar-refractivity contribution in [3.63, 3.8) is 0 Å². The van der Waals surface area contributed by atoms with Crippen molar-refractivity contribution in [3.8, 4) is 5.75 Å². The fourth-order valence-electron chi connectivity index (χ4n) is 3.33. The lowest BCUT2D eigenvalue weighted by Gasteiger charge is -2.24. The third-order valence-corrected chi connectivity index (χ3v) is 4.66. The second-order valence-electron chi connectivity index (χ2n) is 6.44. The zero-order chi connectivity index (χ0) is 16.9. The second-order valence-corrected chi connectivity index (χ2v) is 6.44. The predicted octanol–water partition coefficient (Wildman–Crippen LogP) is 0.558. The highest BCUT2D eigenvalue weighted by Crippen LogP contribution is 2.14. The van der Waals surface area contributed by atoms with Gasteiger partial charge in [-0.25, -0.2) is 0 Å². The molecule has 0 aliphatic carbocycles. The van der Waals surface area contributed by atoms with Gasteiger partial charge in [-0.15, -0.1) is 0 Å². The van der Waals surface area contributed by atoms with Crippen LogP contribution in [0.15, 0.2) is 18.5 Å². The summed E-state index contributed by atoms with van der Waals surface area (Å²) in [7, 11) is 0. The number of nitrogens with zero attached hydrogens (tertiary/aromatic N) is 4. The summed E-state index contributed by atoms with van der Waals surface area (Å²) in [5, 5.41) is 9.48. The van der Waals surface area contributed by atoms with E-state index in [1.165, 1.54) is 31.3 Å². The Morgan fingerprint density at radius 3 is 2.42 bits per heavy atom. The number of aromatic hydroxyl groups is 1. The van der Waals surface area contributed by atoms with Crippen molar-refractivity contribution in [1.82, 2.24) is 19.7 Å². The molecule has 0 radical (unpaired) electrons. The van der Waals surface area contributed by atoms with E-state index in [9.17, 15) is 14.7 Å². The molecule has 3 rings (SSSR count). The molecule has 3 heterocycles. The van der Waals surface area contributed by atoms with Crippen LogP contribution >= 0.6 is 0 Å². The Morgan fingerprint density at radius 2 is 1.67 bits per heavy atom. The topological polar surface area (TPSA) is 77.0 Å². The number of aromatic nitrogens is 1. The molecule has 7 nitrogen and oxygen atoms in total. The minimum absolute atomic E-state index is 0.0157. The van der Waals surface area contributed by atoms with Gasteiger partial charge in [0.05, 0.1) is 18.3 Å². The first-order valence-corrected chi connectivity index (χ1v) is 8.57. The van der Waals surface area contributed by atoms with E-state index in [1.807, 2.05) is 4.90 Å². The Bertz CT molecular complexity index is 601. The summed E-state index contributed by atoms with van der Waals surface area (Å²) in [6.45, 7) is 4.88. The van der Waals surface area contributed by atoms with Gasteiger partial charge in [0.1, 0.15) is 5.75 Å². The van der Waals surface area contributed by atoms with Crippen molar-refractivity contribution in [2.75, 3.05) is 45.8 Å². The van der Waals surface area contributed by atoms with Crippen molar-refractivity contribution in [1.29, 1.82) is 0 Å². The number of carbonyl (C=O) groups excluding carboxylic acids is 2. The Hall–Kier alpha value is -2.15. The van der Waals surface area contributed by atoms with Crippen molar-refractivity contribution >= 4 is 11.8 Å². The Kier molecular flexibility index (Phi) is 5.30. The maximum Gasteiger partial charge on any atom is 0.255 e. The molecule has 1 aromatic heterocycles. The van der Waals surface area contributed by atoms with Gasteiger partial charge < -0.3 is 14.9 Å². The number of hydrogen-bond acceptors (Lipinski definition) is 5. The molecule has 2 amide bonds. The third kappa shape index (κ3) is 4.03. The lowest BCUT2D eigenvalue weighted by atomic mass is 10.2. The highest BCUT2D eigenvalue weighted by molar-refractivity contribution is 5.94. The summed E-state index contributed by atoms with van der Waals surface area (Å²) in [6, 6.07) is 1.43. The quantitative estimate of drug-likeness (QED) is 0.875. The molecule has 1 aromatic rings. The van der Waals surface area contributed by atoms with Crippen LogP contribution in [-0.2, 0) is 4.79 Å². The maximum atomic E-state index is 12.5. The van der Waals surface area contributed by atoms with Crippen LogP contribution in [0.2, 0.25) is 0 Å². The number of likely N-dealkylation sites (tertiary alicyclic amines) is 1. The van der Waals surface area contributed by atoms with Crippen molar-refractivity contribution in [2.24, 2.45) is 0 Å². The van der Waals surface area contributed by atoms with Crippen LogP contribution in [0, 0.1) is 0 Å². The van der Waals surface area contributed by atoms with Gasteiger partial charge in [-0.3, -0.25) is 19.5 Å². The lowest BCUT2D eigenvalue weighted by Crippen LogP contribution is -2.42. The first kappa shape index (κ1) is 16.7. The van der Waals surface area contributed by atoms with Crippen LogP contribution in [0.5, 0.6) is 5.75 Å². The fraction of sp³-hybridized carbons (Fsp3) is 0.588. The van der Waals surface area contributed by atoms with Crippen LogP contribution < -0.4 is 0 Å². The van der Waals surface area contributed by atoms with Crippen molar-refractivity contribution in [2.45, 2.75) is 19.3 Å². The van der Waals surface area contributed by atoms with Gasteiger partial charge in [0.25, 0.3) is 5.91 Å². The Morgan fingerprint density at radius 1 is 0.958 bits per heavy atom. The zero-order valence-electron chi connectivity index (χ0n) is 13.9. The molecule has 1 N–H and O–H groups in total. The molecular weight excluding hydrogens is 308 g/mol. The molecule has 2 aliphatic rings. The van der Waals surface area contributed by atoms with Crippen molar-refractivity contribution < 1.29 is 14.7 Å². The molecule has 0 saturated carbocycles. The van der Waals surface area contributed by atoms with Crippen molar-refractivity contribution in [3.05, 3.63) is 24.0 Å². The van der Waals surface area contributed by atoms with E-state index >= 15 is 0 Å². The van der Waals surface area contributed by atoms with Gasteiger partial charge in [-0.2, -0.15) is 0 Å². The van der Waals surface area contributed by atoms with Crippen LogP contribution in [0.1, 0.15) is 29.6 Å². The number of rotatable bonds is 3. The minimum atomic E-state index is -0.146. The van der Waals surface area contributed by atoms with Crippen LogP contribution in [0.25, 0.3) is 0 Å². The van der Waals surface area contributed by atoms with E-state index in [0.29, 0.717) is 38.3 Å². The van der Waals surface area contributed by atoms with E-state index < -0.39 is 0 Å². The number of pyridine rings is 1. The normalized spacial score (nSPS) is 19.3. The number of carbonyl (C=O) groups is 2. The molecule has 24 heavy (non-hydrogen) atoms. The summed E-state index contributed by atoms with van der Waals surface area (Å²) in [4.78, 5) is 34.6. The predicted molar refractivity (Wildman–Crippen MR) is 88.7 cm³/mol. The molecule has 0 spiro atoms. The summed E-state index contributed by atoms with van der Waals surface area (Å²) in [6.07, 6.45) is 5.88. The average molecular weight is 332 g/mol. The largest absolute Gasteiger partial charge is 0.506 e. The van der Waals surface area contributed by atoms with E-state index in [1.54, 1.807) is 4.90 Å². The highest BCUT2D eigenvalue weighted by atomic mass is 16.3. The van der Waals surface area contributed by atoms with Gasteiger partial charge in [-0.05, 0) is 38.4 Å². The summed E-state index contributed by atoms with van der Waals surface area (Å²) in [5.41, 5.74) is 0.381. The van der Waals surface area contributed by atoms with E-state index in [0.717, 1.165) is 19.5 Å². The van der Waals surface area contributed by atoms with Gasteiger partial charge >= 0.3 is 0 Å². The maximum absolute atomic E-state index is 12.5. The minimum Gasteiger partial charge on any atom is -0.506 e. The molecule has 2 aliphatic heterocycles. The molecule has 2 saturated heterocycles. The van der Waals surface area contributed by atoms with Gasteiger partial charge in [0.2, 0.25) is 5.91 Å².